The number of phosphoric acid groups is 1. The van der Waals surface area contributed by atoms with Crippen LogP contribution in [0.5, 0.6) is 0 Å². The maximum Gasteiger partial charge on any atom is 0.469 e. The van der Waals surface area contributed by atoms with Crippen LogP contribution in [0.1, 0.15) is 187 Å². The molecule has 0 spiro atoms. The minimum atomic E-state index is -4.77. The van der Waals surface area contributed by atoms with Gasteiger partial charge in [0, 0.05) is 19.3 Å². The summed E-state index contributed by atoms with van der Waals surface area (Å²) < 4.78 is 26.3. The normalized spacial score (nSPS) is 12.6. The van der Waals surface area contributed by atoms with Crippen LogP contribution in [0, 0.1) is 0 Å². The minimum absolute atomic E-state index is 0.174. The molecule has 1 atom stereocenters. The molecule has 0 bridgehead atoms. The van der Waals surface area contributed by atoms with Crippen molar-refractivity contribution in [1.29, 1.82) is 0 Å². The Hall–Kier alpha value is -1.80. The fraction of sp³-hybridized carbons (Fsp3) is 0.821. The summed E-state index contributed by atoms with van der Waals surface area (Å²) in [7, 11) is -4.77. The summed E-state index contributed by atoms with van der Waals surface area (Å²) in [5.74, 6) is -0.765. The van der Waals surface area contributed by atoms with Crippen molar-refractivity contribution < 1.29 is 42.7 Å². The van der Waals surface area contributed by atoms with Gasteiger partial charge in [0.05, 0.1) is 6.61 Å². The van der Waals surface area contributed by atoms with Gasteiger partial charge in [-0.25, -0.2) is 4.57 Å². The van der Waals surface area contributed by atoms with E-state index in [1.807, 2.05) is 12.2 Å². The quantitative estimate of drug-likeness (QED) is 0.0213. The zero-order valence-corrected chi connectivity index (χ0v) is 32.0. The maximum atomic E-state index is 12.4. The van der Waals surface area contributed by atoms with Gasteiger partial charge in [-0.15, -0.1) is 0 Å². The number of hydrogen-bond acceptors (Lipinski definition) is 7. The zero-order valence-electron chi connectivity index (χ0n) is 31.1. The standard InChI is InChI=1S/C39H71O9P/c1-3-5-7-8-9-10-11-12-13-14-15-18-22-25-29-33-39(42)48-37(35-47-49(43,44)45)34-46-38(41)32-28-24-21-19-16-17-20-23-27-31-36(40)30-26-6-4-2/h20,23,27,31,37H,3-19,21-22,24-26,28-30,32-35H2,1-2H3,(H2,43,44,45)/b23-20-,31-27+/t37-/m1/s1. The highest BCUT2D eigenvalue weighted by atomic mass is 31.2. The fourth-order valence-corrected chi connectivity index (χ4v) is 5.83. The van der Waals surface area contributed by atoms with E-state index in [-0.39, 0.29) is 25.2 Å². The Morgan fingerprint density at radius 2 is 1.02 bits per heavy atom. The van der Waals surface area contributed by atoms with Crippen LogP contribution in [-0.4, -0.2) is 46.8 Å². The summed E-state index contributed by atoms with van der Waals surface area (Å²) in [5, 5.41) is 0. The zero-order chi connectivity index (χ0) is 36.3. The third kappa shape index (κ3) is 37.3. The van der Waals surface area contributed by atoms with E-state index in [2.05, 4.69) is 24.4 Å². The van der Waals surface area contributed by atoms with Crippen LogP contribution in [0.4, 0.5) is 0 Å². The van der Waals surface area contributed by atoms with E-state index in [1.165, 1.54) is 70.6 Å². The molecular weight excluding hydrogens is 643 g/mol. The Labute approximate surface area is 298 Å². The van der Waals surface area contributed by atoms with Gasteiger partial charge < -0.3 is 19.3 Å². The van der Waals surface area contributed by atoms with E-state index in [0.29, 0.717) is 19.3 Å². The van der Waals surface area contributed by atoms with Gasteiger partial charge >= 0.3 is 19.8 Å². The fourth-order valence-electron chi connectivity index (χ4n) is 5.47. The van der Waals surface area contributed by atoms with E-state index < -0.39 is 32.5 Å². The van der Waals surface area contributed by atoms with Gasteiger partial charge in [-0.3, -0.25) is 18.9 Å². The number of carbonyl (C=O) groups is 3. The lowest BCUT2D eigenvalue weighted by Gasteiger charge is -2.18. The summed E-state index contributed by atoms with van der Waals surface area (Å²) in [6.07, 6.45) is 34.5. The molecule has 0 aliphatic rings. The molecule has 0 aliphatic heterocycles. The number of unbranched alkanes of at least 4 members (excludes halogenated alkanes) is 21. The van der Waals surface area contributed by atoms with Crippen molar-refractivity contribution in [2.45, 2.75) is 193 Å². The van der Waals surface area contributed by atoms with E-state index in [0.717, 1.165) is 70.6 Å². The molecule has 0 unspecified atom stereocenters. The topological polar surface area (TPSA) is 136 Å². The lowest BCUT2D eigenvalue weighted by atomic mass is 10.0. The molecule has 0 aromatic heterocycles. The van der Waals surface area contributed by atoms with Crippen LogP contribution in [0.25, 0.3) is 0 Å². The Balaban J connectivity index is 4.00. The molecule has 0 saturated heterocycles. The molecular formula is C39H71O9P. The number of esters is 2. The average molecular weight is 715 g/mol. The molecule has 9 nitrogen and oxygen atoms in total. The van der Waals surface area contributed by atoms with Gasteiger partial charge in [0.1, 0.15) is 6.61 Å². The molecule has 0 heterocycles. The number of phosphoric ester groups is 1. The monoisotopic (exact) mass is 714 g/mol. The van der Waals surface area contributed by atoms with Crippen LogP contribution < -0.4 is 0 Å². The molecule has 0 radical (unpaired) electrons. The predicted octanol–water partition coefficient (Wildman–Crippen LogP) is 10.8. The lowest BCUT2D eigenvalue weighted by Crippen LogP contribution is -2.29. The van der Waals surface area contributed by atoms with Gasteiger partial charge in [0.15, 0.2) is 11.9 Å². The second kappa shape index (κ2) is 34.6. The highest BCUT2D eigenvalue weighted by Crippen LogP contribution is 2.36. The third-order valence-electron chi connectivity index (χ3n) is 8.45. The van der Waals surface area contributed by atoms with Crippen LogP contribution >= 0.6 is 7.82 Å². The average Bonchev–Trinajstić information content (AvgIpc) is 3.06. The van der Waals surface area contributed by atoms with Gasteiger partial charge in [-0.05, 0) is 38.2 Å². The summed E-state index contributed by atoms with van der Waals surface area (Å²) in [6.45, 7) is 3.50. The molecule has 0 saturated carbocycles. The second-order valence-electron chi connectivity index (χ2n) is 13.3. The second-order valence-corrected chi connectivity index (χ2v) is 14.5. The van der Waals surface area contributed by atoms with E-state index in [9.17, 15) is 18.9 Å². The molecule has 10 heteroatoms. The highest BCUT2D eigenvalue weighted by molar-refractivity contribution is 7.46. The molecule has 286 valence electrons. The predicted molar refractivity (Wildman–Crippen MR) is 198 cm³/mol. The Kier molecular flexibility index (Phi) is 33.4. The van der Waals surface area contributed by atoms with Gasteiger partial charge in [-0.2, -0.15) is 0 Å². The third-order valence-corrected chi connectivity index (χ3v) is 8.93. The molecule has 0 aromatic carbocycles. The number of carbonyl (C=O) groups excluding carboxylic acids is 3. The van der Waals surface area contributed by atoms with Crippen LogP contribution in [0.3, 0.4) is 0 Å². The molecule has 0 rings (SSSR count). The van der Waals surface area contributed by atoms with Crippen molar-refractivity contribution in [3.63, 3.8) is 0 Å². The van der Waals surface area contributed by atoms with E-state index in [1.54, 1.807) is 6.08 Å². The molecule has 0 fully saturated rings. The van der Waals surface area contributed by atoms with Crippen molar-refractivity contribution in [2.24, 2.45) is 0 Å². The van der Waals surface area contributed by atoms with Gasteiger partial charge in [0.25, 0.3) is 0 Å². The number of hydrogen-bond donors (Lipinski definition) is 2. The molecule has 49 heavy (non-hydrogen) atoms. The number of rotatable bonds is 36. The first-order valence-corrected chi connectivity index (χ1v) is 21.1. The van der Waals surface area contributed by atoms with Gasteiger partial charge in [0.2, 0.25) is 0 Å². The minimum Gasteiger partial charge on any atom is -0.462 e. The molecule has 2 N–H and O–H groups in total. The molecule has 0 aromatic rings. The highest BCUT2D eigenvalue weighted by Gasteiger charge is 2.22. The van der Waals surface area contributed by atoms with Crippen LogP contribution in [-0.2, 0) is 32.9 Å². The van der Waals surface area contributed by atoms with Crippen LogP contribution in [0.2, 0.25) is 0 Å². The summed E-state index contributed by atoms with van der Waals surface area (Å²) in [4.78, 5) is 54.4. The summed E-state index contributed by atoms with van der Waals surface area (Å²) in [5.41, 5.74) is 0. The van der Waals surface area contributed by atoms with E-state index in [4.69, 9.17) is 19.3 Å². The first kappa shape index (κ1) is 47.2. The first-order chi connectivity index (χ1) is 23.7. The number of ketones is 1. The largest absolute Gasteiger partial charge is 0.469 e. The van der Waals surface area contributed by atoms with Crippen molar-refractivity contribution >= 4 is 25.5 Å². The van der Waals surface area contributed by atoms with Crippen molar-refractivity contribution in [3.8, 4) is 0 Å². The van der Waals surface area contributed by atoms with Crippen molar-refractivity contribution in [3.05, 3.63) is 24.3 Å². The van der Waals surface area contributed by atoms with Crippen molar-refractivity contribution in [1.82, 2.24) is 0 Å². The Bertz CT molecular complexity index is 912. The molecule has 0 amide bonds. The maximum absolute atomic E-state index is 12.4. The summed E-state index contributed by atoms with van der Waals surface area (Å²) in [6, 6.07) is 0. The van der Waals surface area contributed by atoms with Crippen molar-refractivity contribution in [2.75, 3.05) is 13.2 Å². The molecule has 0 aliphatic carbocycles. The summed E-state index contributed by atoms with van der Waals surface area (Å²) >= 11 is 0. The number of ether oxygens (including phenoxy) is 2. The van der Waals surface area contributed by atoms with E-state index >= 15 is 0 Å². The first-order valence-electron chi connectivity index (χ1n) is 19.6. The lowest BCUT2D eigenvalue weighted by molar-refractivity contribution is -0.161. The van der Waals surface area contributed by atoms with Crippen LogP contribution in [0.15, 0.2) is 24.3 Å². The Morgan fingerprint density at radius 3 is 1.55 bits per heavy atom. The SMILES string of the molecule is CCCCCCCCCCCCCCCCCC(=O)O[C@H](COC(=O)CCCCCCC/C=C\C=C\C(=O)CCCCC)COP(=O)(O)O. The smallest absolute Gasteiger partial charge is 0.462 e. The number of allylic oxidation sites excluding steroid dienone is 4. The Morgan fingerprint density at radius 1 is 0.571 bits per heavy atom. The van der Waals surface area contributed by atoms with Gasteiger partial charge in [-0.1, -0.05) is 154 Å².